The quantitative estimate of drug-likeness (QED) is 0.665. The predicted octanol–water partition coefficient (Wildman–Crippen LogP) is 3.56. The molecule has 29 heavy (non-hydrogen) atoms. The molecule has 4 rings (SSSR count). The van der Waals surface area contributed by atoms with Crippen molar-refractivity contribution in [1.29, 1.82) is 0 Å². The van der Waals surface area contributed by atoms with Crippen LogP contribution in [0.2, 0.25) is 5.02 Å². The number of carboxylic acid groups (broad SMARTS) is 1. The van der Waals surface area contributed by atoms with E-state index in [1.807, 2.05) is 6.08 Å². The lowest BCUT2D eigenvalue weighted by Gasteiger charge is -2.28. The van der Waals surface area contributed by atoms with Gasteiger partial charge >= 0.3 is 5.97 Å². The minimum absolute atomic E-state index is 0.0354. The maximum absolute atomic E-state index is 15.1. The smallest absolute Gasteiger partial charge is 0.352 e. The van der Waals surface area contributed by atoms with Gasteiger partial charge in [-0.05, 0) is 30.2 Å². The molecule has 0 spiro atoms. The number of rotatable bonds is 5. The third-order valence-electron chi connectivity index (χ3n) is 5.00. The summed E-state index contributed by atoms with van der Waals surface area (Å²) >= 11 is 6.28. The van der Waals surface area contributed by atoms with Crippen LogP contribution in [0.3, 0.4) is 0 Å². The summed E-state index contributed by atoms with van der Waals surface area (Å²) in [6, 6.07) is 4.60. The van der Waals surface area contributed by atoms with Crippen molar-refractivity contribution >= 4 is 40.0 Å². The van der Waals surface area contributed by atoms with E-state index in [2.05, 4.69) is 10.1 Å². The molecule has 1 aliphatic heterocycles. The number of amides is 1. The summed E-state index contributed by atoms with van der Waals surface area (Å²) < 4.78 is 16.8. The highest BCUT2D eigenvalue weighted by Crippen LogP contribution is 2.34. The van der Waals surface area contributed by atoms with Gasteiger partial charge in [-0.3, -0.25) is 9.48 Å². The molecule has 1 amide bonds. The fourth-order valence-corrected chi connectivity index (χ4v) is 3.78. The standard InChI is InChI=1S/C20H18ClFN4O3/c21-15-9-13(18(22)19-14(15)10-16(24-19)20(28)29)12-3-1-6-25(11-12)17(27)4-8-26-7-2-5-23-26/h2-3,5,7,9-10,24H,1,4,6,8,11H2,(H,28,29). The van der Waals surface area contributed by atoms with Gasteiger partial charge in [0.15, 0.2) is 5.82 Å². The summed E-state index contributed by atoms with van der Waals surface area (Å²) in [6.07, 6.45) is 6.24. The zero-order chi connectivity index (χ0) is 20.5. The Bertz CT molecular complexity index is 1120. The second-order valence-corrected chi connectivity index (χ2v) is 7.26. The Hall–Kier alpha value is -3.13. The van der Waals surface area contributed by atoms with Gasteiger partial charge in [-0.1, -0.05) is 17.7 Å². The average molecular weight is 417 g/mol. The number of carbonyl (C=O) groups is 2. The van der Waals surface area contributed by atoms with Gasteiger partial charge in [0.25, 0.3) is 0 Å². The number of halogens is 2. The number of fused-ring (bicyclic) bond motifs is 1. The Morgan fingerprint density at radius 1 is 1.34 bits per heavy atom. The number of nitrogens with zero attached hydrogens (tertiary/aromatic N) is 3. The predicted molar refractivity (Wildman–Crippen MR) is 106 cm³/mol. The highest BCUT2D eigenvalue weighted by Gasteiger charge is 2.23. The van der Waals surface area contributed by atoms with Crippen LogP contribution >= 0.6 is 11.6 Å². The molecule has 0 saturated heterocycles. The van der Waals surface area contributed by atoms with E-state index in [0.29, 0.717) is 36.9 Å². The number of hydrogen-bond acceptors (Lipinski definition) is 3. The molecular weight excluding hydrogens is 399 g/mol. The third-order valence-corrected chi connectivity index (χ3v) is 5.31. The number of nitrogens with one attached hydrogen (secondary N) is 1. The molecule has 3 aromatic rings. The van der Waals surface area contributed by atoms with Crippen LogP contribution in [-0.4, -0.2) is 49.7 Å². The molecule has 2 N–H and O–H groups in total. The summed E-state index contributed by atoms with van der Waals surface area (Å²) in [4.78, 5) is 28.0. The fourth-order valence-electron chi connectivity index (χ4n) is 3.52. The van der Waals surface area contributed by atoms with Gasteiger partial charge in [0.1, 0.15) is 5.69 Å². The molecule has 2 aromatic heterocycles. The van der Waals surface area contributed by atoms with Crippen molar-refractivity contribution in [2.24, 2.45) is 0 Å². The van der Waals surface area contributed by atoms with Crippen LogP contribution in [0.25, 0.3) is 16.5 Å². The number of hydrogen-bond donors (Lipinski definition) is 2. The number of aromatic nitrogens is 3. The van der Waals surface area contributed by atoms with E-state index in [0.717, 1.165) is 0 Å². The molecular formula is C20H18ClFN4O3. The first-order chi connectivity index (χ1) is 13.9. The molecule has 0 fully saturated rings. The molecule has 3 heterocycles. The number of aromatic amines is 1. The molecule has 1 aliphatic rings. The maximum Gasteiger partial charge on any atom is 0.352 e. The highest BCUT2D eigenvalue weighted by atomic mass is 35.5. The molecule has 7 nitrogen and oxygen atoms in total. The van der Waals surface area contributed by atoms with Gasteiger partial charge in [0.05, 0.1) is 10.5 Å². The molecule has 9 heteroatoms. The number of carbonyl (C=O) groups excluding carboxylic acids is 1. The van der Waals surface area contributed by atoms with Crippen molar-refractivity contribution in [2.75, 3.05) is 13.1 Å². The topological polar surface area (TPSA) is 91.2 Å². The number of aromatic carboxylic acids is 1. The summed E-state index contributed by atoms with van der Waals surface area (Å²) in [7, 11) is 0. The first-order valence-corrected chi connectivity index (χ1v) is 9.50. The maximum atomic E-state index is 15.1. The van der Waals surface area contributed by atoms with E-state index < -0.39 is 11.8 Å². The number of benzene rings is 1. The number of carboxylic acids is 1. The zero-order valence-electron chi connectivity index (χ0n) is 15.4. The van der Waals surface area contributed by atoms with Gasteiger partial charge in [-0.25, -0.2) is 9.18 Å². The van der Waals surface area contributed by atoms with E-state index in [4.69, 9.17) is 16.7 Å². The lowest BCUT2D eigenvalue weighted by atomic mass is 9.99. The molecule has 1 aromatic carbocycles. The van der Waals surface area contributed by atoms with Crippen LogP contribution in [0.5, 0.6) is 0 Å². The molecule has 0 aliphatic carbocycles. The van der Waals surface area contributed by atoms with Crippen molar-refractivity contribution in [3.05, 3.63) is 58.8 Å². The van der Waals surface area contributed by atoms with Crippen molar-refractivity contribution in [3.63, 3.8) is 0 Å². The van der Waals surface area contributed by atoms with Crippen molar-refractivity contribution < 1.29 is 19.1 Å². The van der Waals surface area contributed by atoms with E-state index in [-0.39, 0.29) is 34.2 Å². The minimum Gasteiger partial charge on any atom is -0.477 e. The molecule has 150 valence electrons. The second kappa shape index (κ2) is 7.71. The Labute approximate surface area is 170 Å². The normalized spacial score (nSPS) is 14.3. The lowest BCUT2D eigenvalue weighted by molar-refractivity contribution is -0.131. The third kappa shape index (κ3) is 3.75. The molecule has 0 bridgehead atoms. The molecule has 0 radical (unpaired) electrons. The van der Waals surface area contributed by atoms with Crippen LogP contribution in [-0.2, 0) is 11.3 Å². The van der Waals surface area contributed by atoms with E-state index in [1.165, 1.54) is 12.1 Å². The van der Waals surface area contributed by atoms with Crippen molar-refractivity contribution in [3.8, 4) is 0 Å². The lowest BCUT2D eigenvalue weighted by Crippen LogP contribution is -2.36. The highest BCUT2D eigenvalue weighted by molar-refractivity contribution is 6.35. The first-order valence-electron chi connectivity index (χ1n) is 9.12. The zero-order valence-corrected chi connectivity index (χ0v) is 16.1. The molecule has 0 atom stereocenters. The Kier molecular flexibility index (Phi) is 5.10. The van der Waals surface area contributed by atoms with E-state index in [9.17, 15) is 9.59 Å². The van der Waals surface area contributed by atoms with Crippen LogP contribution in [0.15, 0.2) is 36.7 Å². The van der Waals surface area contributed by atoms with Crippen molar-refractivity contribution in [1.82, 2.24) is 19.7 Å². The van der Waals surface area contributed by atoms with Gasteiger partial charge in [-0.2, -0.15) is 5.10 Å². The Morgan fingerprint density at radius 2 is 2.17 bits per heavy atom. The average Bonchev–Trinajstić information content (AvgIpc) is 3.39. The van der Waals surface area contributed by atoms with Crippen molar-refractivity contribution in [2.45, 2.75) is 19.4 Å². The van der Waals surface area contributed by atoms with Gasteiger partial charge in [0, 0.05) is 49.4 Å². The summed E-state index contributed by atoms with van der Waals surface area (Å²) in [6.45, 7) is 1.31. The summed E-state index contributed by atoms with van der Waals surface area (Å²) in [5, 5.41) is 13.8. The fraction of sp³-hybridized carbons (Fsp3) is 0.250. The van der Waals surface area contributed by atoms with Gasteiger partial charge in [-0.15, -0.1) is 0 Å². The van der Waals surface area contributed by atoms with E-state index in [1.54, 1.807) is 28.0 Å². The van der Waals surface area contributed by atoms with E-state index >= 15 is 4.39 Å². The van der Waals surface area contributed by atoms with Crippen LogP contribution in [0.4, 0.5) is 4.39 Å². The summed E-state index contributed by atoms with van der Waals surface area (Å²) in [5.41, 5.74) is 0.835. The number of H-pyrrole nitrogens is 1. The summed E-state index contributed by atoms with van der Waals surface area (Å²) in [5.74, 6) is -1.80. The van der Waals surface area contributed by atoms with Crippen LogP contribution < -0.4 is 0 Å². The Morgan fingerprint density at radius 3 is 2.90 bits per heavy atom. The minimum atomic E-state index is -1.19. The first kappa shape index (κ1) is 19.2. The Balaban J connectivity index is 1.57. The van der Waals surface area contributed by atoms with Gasteiger partial charge in [0.2, 0.25) is 5.91 Å². The van der Waals surface area contributed by atoms with Gasteiger partial charge < -0.3 is 15.0 Å². The van der Waals surface area contributed by atoms with Crippen LogP contribution in [0.1, 0.15) is 28.9 Å². The SMILES string of the molecule is O=C(O)c1cc2c(Cl)cc(C3=CCCN(C(=O)CCn4cccn4)C3)c(F)c2[nH]1. The largest absolute Gasteiger partial charge is 0.477 e. The molecule has 0 saturated carbocycles. The monoisotopic (exact) mass is 416 g/mol. The number of aryl methyl sites for hydroxylation is 1. The molecule has 0 unspecified atom stereocenters. The van der Waals surface area contributed by atoms with Crippen LogP contribution in [0, 0.1) is 5.82 Å². The second-order valence-electron chi connectivity index (χ2n) is 6.85.